The van der Waals surface area contributed by atoms with Gasteiger partial charge >= 0.3 is 6.01 Å². The van der Waals surface area contributed by atoms with E-state index in [0.29, 0.717) is 32.3 Å². The van der Waals surface area contributed by atoms with E-state index < -0.39 is 17.8 Å². The van der Waals surface area contributed by atoms with Crippen molar-refractivity contribution in [3.63, 3.8) is 0 Å². The van der Waals surface area contributed by atoms with Crippen LogP contribution in [0.2, 0.25) is 0 Å². The molecule has 0 radical (unpaired) electrons. The fourth-order valence-corrected chi connectivity index (χ4v) is 7.30. The first-order valence-electron chi connectivity index (χ1n) is 15.8. The molecule has 1 atom stereocenters. The number of nitrogens with zero attached hydrogens (tertiary/aromatic N) is 8. The fraction of sp³-hybridized carbons (Fsp3) is 0.545. The van der Waals surface area contributed by atoms with Crippen LogP contribution < -0.4 is 14.5 Å². The second-order valence-corrected chi connectivity index (χ2v) is 13.1. The number of carbonyl (C=O) groups is 1. The second-order valence-electron chi connectivity index (χ2n) is 13.1. The SMILES string of the molecule is C=C(F)C(=O)N1CCN(c2nc(OCC3(CN(C)C)CCC3)nc3c2CCCN(c2c(C)ccc4[nH]ncc24)C3)C[C@@H]1CC#N. The molecule has 0 unspecified atom stereocenters. The Bertz CT molecular complexity index is 1630. The van der Waals surface area contributed by atoms with E-state index >= 15 is 0 Å². The fourth-order valence-electron chi connectivity index (χ4n) is 7.30. The number of fused-ring (bicyclic) bond motifs is 2. The Morgan fingerprint density at radius 3 is 2.76 bits per heavy atom. The van der Waals surface area contributed by atoms with Gasteiger partial charge in [0, 0.05) is 49.1 Å². The number of carbonyl (C=O) groups excluding carboxylic acids is 1. The Balaban J connectivity index is 1.36. The summed E-state index contributed by atoms with van der Waals surface area (Å²) in [5.74, 6) is -0.991. The van der Waals surface area contributed by atoms with Gasteiger partial charge in [0.05, 0.1) is 54.8 Å². The molecule has 2 aromatic heterocycles. The molecule has 1 saturated heterocycles. The number of aromatic amines is 1. The molecule has 2 aliphatic heterocycles. The molecule has 3 aromatic rings. The van der Waals surface area contributed by atoms with Crippen molar-refractivity contribution >= 4 is 28.3 Å². The van der Waals surface area contributed by atoms with Gasteiger partial charge in [-0.3, -0.25) is 9.89 Å². The summed E-state index contributed by atoms with van der Waals surface area (Å²) in [6.45, 7) is 9.30. The highest BCUT2D eigenvalue weighted by Gasteiger charge is 2.39. The molecule has 4 heterocycles. The normalized spacial score (nSPS) is 19.6. The number of hydrogen-bond donors (Lipinski definition) is 1. The van der Waals surface area contributed by atoms with Crippen molar-refractivity contribution in [3.05, 3.63) is 47.6 Å². The molecule has 3 aliphatic rings. The molecule has 11 nitrogen and oxygen atoms in total. The van der Waals surface area contributed by atoms with Crippen LogP contribution in [0.25, 0.3) is 10.9 Å². The number of halogens is 1. The zero-order valence-corrected chi connectivity index (χ0v) is 26.5. The summed E-state index contributed by atoms with van der Waals surface area (Å²) in [7, 11) is 4.18. The number of piperazine rings is 1. The standard InChI is InChI=1S/C33H42FN9O2/c1-22-8-9-27-26(17-36-39-27)29(22)41-14-5-7-25-28(19-41)37-32(45-21-33(11-6-12-33)20-40(3)4)38-30(25)42-15-16-43(31(44)23(2)34)24(18-42)10-13-35/h8-9,17,24H,2,5-7,10-12,14-16,18-21H2,1,3-4H3,(H,36,39)/t24-/m0/s1. The Labute approximate surface area is 263 Å². The number of ether oxygens (including phenoxy) is 1. The predicted molar refractivity (Wildman–Crippen MR) is 171 cm³/mol. The lowest BCUT2D eigenvalue weighted by Gasteiger charge is -2.43. The van der Waals surface area contributed by atoms with E-state index in [9.17, 15) is 14.4 Å². The molecule has 1 aliphatic carbocycles. The quantitative estimate of drug-likeness (QED) is 0.355. The van der Waals surface area contributed by atoms with Crippen LogP contribution in [-0.2, 0) is 17.8 Å². The van der Waals surface area contributed by atoms with Crippen molar-refractivity contribution < 1.29 is 13.9 Å². The summed E-state index contributed by atoms with van der Waals surface area (Å²) < 4.78 is 20.3. The number of H-pyrrole nitrogens is 1. The van der Waals surface area contributed by atoms with Gasteiger partial charge in [-0.25, -0.2) is 4.39 Å². The average molecular weight is 616 g/mol. The Kier molecular flexibility index (Phi) is 8.64. The Hall–Kier alpha value is -4.24. The van der Waals surface area contributed by atoms with Crippen LogP contribution in [-0.4, -0.2) is 95.3 Å². The maximum absolute atomic E-state index is 13.9. The lowest BCUT2D eigenvalue weighted by atomic mass is 9.69. The molecule has 1 amide bonds. The number of benzene rings is 1. The van der Waals surface area contributed by atoms with Gasteiger partial charge in [0.2, 0.25) is 0 Å². The highest BCUT2D eigenvalue weighted by Crippen LogP contribution is 2.42. The van der Waals surface area contributed by atoms with Gasteiger partial charge in [0.25, 0.3) is 5.91 Å². The number of aryl methyl sites for hydroxylation is 1. The number of anilines is 2. The highest BCUT2D eigenvalue weighted by atomic mass is 19.1. The van der Waals surface area contributed by atoms with Crippen LogP contribution in [0.1, 0.15) is 48.9 Å². The molecule has 6 rings (SSSR count). The molecule has 0 bridgehead atoms. The van der Waals surface area contributed by atoms with E-state index in [2.05, 4.69) is 70.7 Å². The van der Waals surface area contributed by atoms with E-state index in [0.717, 1.165) is 72.4 Å². The lowest BCUT2D eigenvalue weighted by Crippen LogP contribution is -2.55. The van der Waals surface area contributed by atoms with Gasteiger partial charge in [0.15, 0.2) is 5.83 Å². The summed E-state index contributed by atoms with van der Waals surface area (Å²) >= 11 is 0. The van der Waals surface area contributed by atoms with Crippen LogP contribution in [0.4, 0.5) is 15.9 Å². The van der Waals surface area contributed by atoms with Crippen molar-refractivity contribution in [2.75, 3.05) is 63.2 Å². The van der Waals surface area contributed by atoms with Crippen LogP contribution in [0.5, 0.6) is 6.01 Å². The molecule has 45 heavy (non-hydrogen) atoms. The van der Waals surface area contributed by atoms with Crippen molar-refractivity contribution in [2.45, 2.75) is 58.0 Å². The summed E-state index contributed by atoms with van der Waals surface area (Å²) in [6.07, 6.45) is 7.04. The largest absolute Gasteiger partial charge is 0.463 e. The van der Waals surface area contributed by atoms with Gasteiger partial charge in [-0.2, -0.15) is 20.3 Å². The minimum atomic E-state index is -1.01. The van der Waals surface area contributed by atoms with E-state index in [1.165, 1.54) is 16.9 Å². The van der Waals surface area contributed by atoms with Gasteiger partial charge < -0.3 is 24.3 Å². The van der Waals surface area contributed by atoms with Crippen molar-refractivity contribution in [1.29, 1.82) is 5.26 Å². The number of nitriles is 1. The van der Waals surface area contributed by atoms with Gasteiger partial charge in [0.1, 0.15) is 5.82 Å². The van der Waals surface area contributed by atoms with Gasteiger partial charge in [-0.1, -0.05) is 19.1 Å². The topological polar surface area (TPSA) is 118 Å². The summed E-state index contributed by atoms with van der Waals surface area (Å²) in [5, 5.41) is 18.0. The predicted octanol–water partition coefficient (Wildman–Crippen LogP) is 4.14. The molecule has 1 N–H and O–H groups in total. The Morgan fingerprint density at radius 1 is 1.22 bits per heavy atom. The molecule has 238 valence electrons. The molecular weight excluding hydrogens is 573 g/mol. The highest BCUT2D eigenvalue weighted by molar-refractivity contribution is 5.93. The van der Waals surface area contributed by atoms with Crippen molar-refractivity contribution in [3.8, 4) is 12.1 Å². The van der Waals surface area contributed by atoms with Crippen LogP contribution >= 0.6 is 0 Å². The van der Waals surface area contributed by atoms with E-state index in [-0.39, 0.29) is 18.4 Å². The molecule has 2 fully saturated rings. The van der Waals surface area contributed by atoms with Crippen molar-refractivity contribution in [1.82, 2.24) is 30.0 Å². The average Bonchev–Trinajstić information content (AvgIpc) is 3.37. The maximum atomic E-state index is 13.9. The van der Waals surface area contributed by atoms with Crippen molar-refractivity contribution in [2.24, 2.45) is 5.41 Å². The molecule has 0 spiro atoms. The first kappa shape index (κ1) is 30.8. The summed E-state index contributed by atoms with van der Waals surface area (Å²) in [5.41, 5.74) is 5.35. The molecule has 1 saturated carbocycles. The van der Waals surface area contributed by atoms with Gasteiger partial charge in [-0.15, -0.1) is 0 Å². The number of amides is 1. The minimum Gasteiger partial charge on any atom is -0.463 e. The monoisotopic (exact) mass is 615 g/mol. The minimum absolute atomic E-state index is 0.0819. The smallest absolute Gasteiger partial charge is 0.318 e. The van der Waals surface area contributed by atoms with Gasteiger partial charge in [-0.05, 0) is 58.3 Å². The van der Waals surface area contributed by atoms with E-state index in [1.54, 1.807) is 0 Å². The zero-order valence-electron chi connectivity index (χ0n) is 26.5. The lowest BCUT2D eigenvalue weighted by molar-refractivity contribution is -0.131. The number of aromatic nitrogens is 4. The number of nitrogens with one attached hydrogen (secondary N) is 1. The summed E-state index contributed by atoms with van der Waals surface area (Å²) in [6, 6.07) is 6.22. The van der Waals surface area contributed by atoms with E-state index in [4.69, 9.17) is 14.7 Å². The third-order valence-corrected chi connectivity index (χ3v) is 9.53. The first-order chi connectivity index (χ1) is 21.7. The third-order valence-electron chi connectivity index (χ3n) is 9.53. The first-order valence-corrected chi connectivity index (χ1v) is 15.8. The second kappa shape index (κ2) is 12.6. The number of rotatable bonds is 9. The van der Waals surface area contributed by atoms with E-state index in [1.807, 2.05) is 6.20 Å². The molecule has 1 aromatic carbocycles. The Morgan fingerprint density at radius 2 is 2.04 bits per heavy atom. The van der Waals surface area contributed by atoms with Crippen LogP contribution in [0.15, 0.2) is 30.7 Å². The zero-order chi connectivity index (χ0) is 31.7. The molecular formula is C33H42FN9O2. The summed E-state index contributed by atoms with van der Waals surface area (Å²) in [4.78, 5) is 30.8. The van der Waals surface area contributed by atoms with Crippen LogP contribution in [0.3, 0.4) is 0 Å². The maximum Gasteiger partial charge on any atom is 0.318 e. The third kappa shape index (κ3) is 6.18. The molecule has 12 heteroatoms. The van der Waals surface area contributed by atoms with Crippen LogP contribution in [0, 0.1) is 23.7 Å². The number of hydrogen-bond acceptors (Lipinski definition) is 9.